The highest BCUT2D eigenvalue weighted by Gasteiger charge is 2.17. The molecule has 3 N–H and O–H groups in total. The molecule has 0 saturated heterocycles. The first-order valence-corrected chi connectivity index (χ1v) is 4.95. The molecule has 1 aromatic carbocycles. The fraction of sp³-hybridized carbons (Fsp3) is 0.364. The third kappa shape index (κ3) is 2.93. The van der Waals surface area contributed by atoms with E-state index in [0.717, 1.165) is 6.07 Å². The molecule has 5 heteroatoms. The molecule has 1 amide bonds. The molecular weight excluding hydrogens is 213 g/mol. The Morgan fingerprint density at radius 3 is 2.81 bits per heavy atom. The quantitative estimate of drug-likeness (QED) is 0.719. The van der Waals surface area contributed by atoms with Crippen LogP contribution >= 0.6 is 0 Å². The average molecular weight is 227 g/mol. The summed E-state index contributed by atoms with van der Waals surface area (Å²) >= 11 is 0. The van der Waals surface area contributed by atoms with Crippen LogP contribution in [0, 0.1) is 5.82 Å². The van der Waals surface area contributed by atoms with E-state index in [9.17, 15) is 14.3 Å². The van der Waals surface area contributed by atoms with Gasteiger partial charge in [-0.05, 0) is 25.5 Å². The number of amides is 1. The Kier molecular flexibility index (Phi) is 4.25. The zero-order valence-corrected chi connectivity index (χ0v) is 8.90. The van der Waals surface area contributed by atoms with Gasteiger partial charge in [0, 0.05) is 12.6 Å². The van der Waals surface area contributed by atoms with E-state index in [4.69, 9.17) is 5.11 Å². The lowest BCUT2D eigenvalue weighted by Crippen LogP contribution is -2.33. The number of carbonyl (C=O) groups is 1. The van der Waals surface area contributed by atoms with Crippen molar-refractivity contribution in [2.75, 3.05) is 6.61 Å². The van der Waals surface area contributed by atoms with Gasteiger partial charge in [0.05, 0.1) is 0 Å². The van der Waals surface area contributed by atoms with Crippen LogP contribution in [0.15, 0.2) is 18.2 Å². The van der Waals surface area contributed by atoms with E-state index in [-0.39, 0.29) is 18.2 Å². The van der Waals surface area contributed by atoms with Crippen molar-refractivity contribution >= 4 is 5.91 Å². The van der Waals surface area contributed by atoms with Crippen LogP contribution in [0.2, 0.25) is 0 Å². The number of aliphatic hydroxyl groups excluding tert-OH is 1. The van der Waals surface area contributed by atoms with Gasteiger partial charge < -0.3 is 15.5 Å². The Morgan fingerprint density at radius 2 is 2.25 bits per heavy atom. The lowest BCUT2D eigenvalue weighted by atomic mass is 10.1. The molecule has 0 aliphatic rings. The van der Waals surface area contributed by atoms with Crippen LogP contribution in [0.1, 0.15) is 23.7 Å². The molecule has 1 rings (SSSR count). The monoisotopic (exact) mass is 227 g/mol. The normalized spacial score (nSPS) is 12.2. The summed E-state index contributed by atoms with van der Waals surface area (Å²) in [7, 11) is 0. The summed E-state index contributed by atoms with van der Waals surface area (Å²) < 4.78 is 13.3. The smallest absolute Gasteiger partial charge is 0.258 e. The molecule has 4 nitrogen and oxygen atoms in total. The number of aliphatic hydroxyl groups is 1. The second-order valence-corrected chi connectivity index (χ2v) is 3.52. The summed E-state index contributed by atoms with van der Waals surface area (Å²) in [6.07, 6.45) is 0.376. The number of aromatic hydroxyl groups is 1. The molecule has 16 heavy (non-hydrogen) atoms. The molecule has 88 valence electrons. The number of hydrogen-bond donors (Lipinski definition) is 3. The molecule has 0 fully saturated rings. The van der Waals surface area contributed by atoms with Crippen molar-refractivity contribution in [3.63, 3.8) is 0 Å². The fourth-order valence-electron chi connectivity index (χ4n) is 1.30. The minimum absolute atomic E-state index is 0.0648. The van der Waals surface area contributed by atoms with Gasteiger partial charge in [-0.2, -0.15) is 0 Å². The maximum absolute atomic E-state index is 13.3. The van der Waals surface area contributed by atoms with Crippen molar-refractivity contribution in [1.82, 2.24) is 5.32 Å². The molecule has 1 atom stereocenters. The van der Waals surface area contributed by atoms with E-state index in [0.29, 0.717) is 6.42 Å². The van der Waals surface area contributed by atoms with E-state index >= 15 is 0 Å². The summed E-state index contributed by atoms with van der Waals surface area (Å²) in [4.78, 5) is 11.6. The van der Waals surface area contributed by atoms with Crippen molar-refractivity contribution in [3.8, 4) is 5.75 Å². The Balaban J connectivity index is 2.80. The number of phenols is 1. The largest absolute Gasteiger partial charge is 0.507 e. The highest BCUT2D eigenvalue weighted by atomic mass is 19.1. The zero-order chi connectivity index (χ0) is 12.1. The predicted molar refractivity (Wildman–Crippen MR) is 56.7 cm³/mol. The summed E-state index contributed by atoms with van der Waals surface area (Å²) in [5.41, 5.74) is -0.368. The summed E-state index contributed by atoms with van der Waals surface area (Å²) in [6.45, 7) is 1.62. The van der Waals surface area contributed by atoms with Crippen LogP contribution in [0.5, 0.6) is 5.75 Å². The number of phenolic OH excluding ortho intramolecular Hbond substituents is 1. The second kappa shape index (κ2) is 5.46. The summed E-state index contributed by atoms with van der Waals surface area (Å²) in [5, 5.41) is 20.5. The van der Waals surface area contributed by atoms with Crippen molar-refractivity contribution < 1.29 is 19.4 Å². The molecule has 0 aliphatic heterocycles. The zero-order valence-electron chi connectivity index (χ0n) is 8.90. The molecule has 0 heterocycles. The van der Waals surface area contributed by atoms with Crippen LogP contribution in [0.25, 0.3) is 0 Å². The van der Waals surface area contributed by atoms with Gasteiger partial charge >= 0.3 is 0 Å². The topological polar surface area (TPSA) is 69.6 Å². The predicted octanol–water partition coefficient (Wildman–Crippen LogP) is 1.03. The molecule has 0 aromatic heterocycles. The minimum atomic E-state index is -0.770. The number of hydrogen-bond acceptors (Lipinski definition) is 3. The highest BCUT2D eigenvalue weighted by Crippen LogP contribution is 2.19. The van der Waals surface area contributed by atoms with Gasteiger partial charge in [0.25, 0.3) is 5.91 Å². The van der Waals surface area contributed by atoms with Gasteiger partial charge in [-0.25, -0.2) is 4.39 Å². The van der Waals surface area contributed by atoms with Gasteiger partial charge in [-0.1, -0.05) is 6.07 Å². The van der Waals surface area contributed by atoms with Crippen molar-refractivity contribution in [2.45, 2.75) is 19.4 Å². The highest BCUT2D eigenvalue weighted by molar-refractivity contribution is 5.97. The molecule has 0 radical (unpaired) electrons. The van der Waals surface area contributed by atoms with E-state index in [1.165, 1.54) is 12.1 Å². The number of nitrogens with one attached hydrogen (secondary N) is 1. The number of rotatable bonds is 4. The van der Waals surface area contributed by atoms with E-state index < -0.39 is 17.5 Å². The molecule has 0 unspecified atom stereocenters. The first-order valence-electron chi connectivity index (χ1n) is 4.95. The fourth-order valence-corrected chi connectivity index (χ4v) is 1.30. The second-order valence-electron chi connectivity index (χ2n) is 3.52. The molecule has 0 spiro atoms. The van der Waals surface area contributed by atoms with E-state index in [1.54, 1.807) is 6.92 Å². The Morgan fingerprint density at radius 1 is 1.56 bits per heavy atom. The lowest BCUT2D eigenvalue weighted by Gasteiger charge is -2.13. The van der Waals surface area contributed by atoms with Gasteiger partial charge in [0.15, 0.2) is 0 Å². The minimum Gasteiger partial charge on any atom is -0.507 e. The maximum Gasteiger partial charge on any atom is 0.258 e. The van der Waals surface area contributed by atoms with Crippen molar-refractivity contribution in [2.24, 2.45) is 0 Å². The Bertz CT molecular complexity index is 361. The maximum atomic E-state index is 13.3. The van der Waals surface area contributed by atoms with Crippen LogP contribution < -0.4 is 5.32 Å². The van der Waals surface area contributed by atoms with Gasteiger partial charge in [-0.15, -0.1) is 0 Å². The molecule has 0 bridgehead atoms. The Labute approximate surface area is 92.7 Å². The third-order valence-electron chi connectivity index (χ3n) is 2.16. The van der Waals surface area contributed by atoms with E-state index in [2.05, 4.69) is 5.32 Å². The standard InChI is InChI=1S/C11H14FNO3/c1-7(5-6-14)13-11(16)10-8(12)3-2-4-9(10)15/h2-4,7,14-15H,5-6H2,1H3,(H,13,16)/t7-/m0/s1. The van der Waals surface area contributed by atoms with Crippen molar-refractivity contribution in [1.29, 1.82) is 0 Å². The SMILES string of the molecule is C[C@@H](CCO)NC(=O)c1c(O)cccc1F. The van der Waals surface area contributed by atoms with E-state index in [1.807, 2.05) is 0 Å². The number of carbonyl (C=O) groups excluding carboxylic acids is 1. The van der Waals surface area contributed by atoms with Crippen LogP contribution in [0.3, 0.4) is 0 Å². The average Bonchev–Trinajstić information content (AvgIpc) is 2.17. The molecule has 0 saturated carbocycles. The first kappa shape index (κ1) is 12.4. The van der Waals surface area contributed by atoms with Gasteiger partial charge in [0.1, 0.15) is 17.1 Å². The Hall–Kier alpha value is -1.62. The summed E-state index contributed by atoms with van der Waals surface area (Å²) in [6, 6.07) is 3.38. The van der Waals surface area contributed by atoms with Crippen LogP contribution in [0.4, 0.5) is 4.39 Å². The van der Waals surface area contributed by atoms with Crippen LogP contribution in [-0.2, 0) is 0 Å². The third-order valence-corrected chi connectivity index (χ3v) is 2.16. The lowest BCUT2D eigenvalue weighted by molar-refractivity contribution is 0.0927. The molecular formula is C11H14FNO3. The molecule has 0 aliphatic carbocycles. The number of halogens is 1. The summed E-state index contributed by atoms with van der Waals surface area (Å²) in [5.74, 6) is -1.85. The molecule has 1 aromatic rings. The number of benzene rings is 1. The van der Waals surface area contributed by atoms with Gasteiger partial charge in [0.2, 0.25) is 0 Å². The van der Waals surface area contributed by atoms with Gasteiger partial charge in [-0.3, -0.25) is 4.79 Å². The first-order chi connectivity index (χ1) is 7.56. The van der Waals surface area contributed by atoms with Crippen LogP contribution in [-0.4, -0.2) is 28.8 Å². The van der Waals surface area contributed by atoms with Crippen molar-refractivity contribution in [3.05, 3.63) is 29.6 Å².